The van der Waals surface area contributed by atoms with Crippen LogP contribution in [-0.2, 0) is 21.5 Å². The Hall–Kier alpha value is -2.15. The predicted molar refractivity (Wildman–Crippen MR) is 96.2 cm³/mol. The van der Waals surface area contributed by atoms with Crippen molar-refractivity contribution in [2.75, 3.05) is 19.6 Å². The molecule has 0 unspecified atom stereocenters. The highest BCUT2D eigenvalue weighted by Crippen LogP contribution is 2.42. The van der Waals surface area contributed by atoms with Crippen molar-refractivity contribution >= 4 is 29.2 Å². The van der Waals surface area contributed by atoms with Gasteiger partial charge >= 0.3 is 6.03 Å². The highest BCUT2D eigenvalue weighted by molar-refractivity contribution is 7.10. The number of thiophene rings is 1. The van der Waals surface area contributed by atoms with Gasteiger partial charge in [-0.3, -0.25) is 14.5 Å². The third-order valence-corrected chi connectivity index (χ3v) is 5.81. The minimum atomic E-state index is -0.990. The SMILES string of the molecule is C=C(C)CN(CC)C(=O)CN1C(=O)N[C@]2(CCCc3sccc32)C1=O. The Labute approximate surface area is 151 Å². The van der Waals surface area contributed by atoms with Crippen LogP contribution in [0.2, 0.25) is 0 Å². The van der Waals surface area contributed by atoms with Crippen molar-refractivity contribution in [3.05, 3.63) is 34.0 Å². The Morgan fingerprint density at radius 1 is 1.48 bits per heavy atom. The van der Waals surface area contributed by atoms with Crippen LogP contribution in [0.25, 0.3) is 0 Å². The van der Waals surface area contributed by atoms with Gasteiger partial charge in [0, 0.05) is 23.5 Å². The number of fused-ring (bicyclic) bond motifs is 2. The van der Waals surface area contributed by atoms with E-state index in [4.69, 9.17) is 0 Å². The lowest BCUT2D eigenvalue weighted by Crippen LogP contribution is -2.47. The fraction of sp³-hybridized carbons (Fsp3) is 0.500. The molecular formula is C18H23N3O3S. The molecule has 1 aromatic rings. The predicted octanol–water partition coefficient (Wildman–Crippen LogP) is 2.26. The van der Waals surface area contributed by atoms with Crippen LogP contribution in [-0.4, -0.2) is 47.3 Å². The van der Waals surface area contributed by atoms with Gasteiger partial charge in [-0.2, -0.15) is 0 Å². The minimum absolute atomic E-state index is 0.229. The average Bonchev–Trinajstić information content (AvgIpc) is 3.13. The van der Waals surface area contributed by atoms with Crippen LogP contribution < -0.4 is 5.32 Å². The van der Waals surface area contributed by atoms with E-state index in [0.29, 0.717) is 19.5 Å². The molecule has 25 heavy (non-hydrogen) atoms. The van der Waals surface area contributed by atoms with E-state index >= 15 is 0 Å². The minimum Gasteiger partial charge on any atom is -0.337 e. The number of nitrogens with zero attached hydrogens (tertiary/aromatic N) is 2. The third kappa shape index (κ3) is 2.97. The van der Waals surface area contributed by atoms with Crippen molar-refractivity contribution in [1.82, 2.24) is 15.1 Å². The van der Waals surface area contributed by atoms with Crippen LogP contribution in [0.3, 0.4) is 0 Å². The molecule has 2 aliphatic rings. The molecule has 1 N–H and O–H groups in total. The summed E-state index contributed by atoms with van der Waals surface area (Å²) in [6, 6.07) is 1.44. The number of urea groups is 1. The molecule has 0 bridgehead atoms. The van der Waals surface area contributed by atoms with Crippen molar-refractivity contribution in [1.29, 1.82) is 0 Å². The first-order chi connectivity index (χ1) is 11.9. The van der Waals surface area contributed by atoms with E-state index in [-0.39, 0.29) is 18.4 Å². The third-order valence-electron chi connectivity index (χ3n) is 4.83. The van der Waals surface area contributed by atoms with Gasteiger partial charge in [0.25, 0.3) is 5.91 Å². The molecular weight excluding hydrogens is 338 g/mol. The summed E-state index contributed by atoms with van der Waals surface area (Å²) in [5.41, 5.74) is 0.765. The topological polar surface area (TPSA) is 69.7 Å². The van der Waals surface area contributed by atoms with Crippen molar-refractivity contribution in [3.8, 4) is 0 Å². The Balaban J connectivity index is 1.81. The maximum absolute atomic E-state index is 13.1. The molecule has 1 aliphatic carbocycles. The summed E-state index contributed by atoms with van der Waals surface area (Å²) in [6.45, 7) is 8.25. The molecule has 1 aliphatic heterocycles. The lowest BCUT2D eigenvalue weighted by Gasteiger charge is -2.31. The van der Waals surface area contributed by atoms with E-state index in [0.717, 1.165) is 33.8 Å². The van der Waals surface area contributed by atoms with Crippen LogP contribution in [0.4, 0.5) is 4.79 Å². The molecule has 0 saturated carbocycles. The van der Waals surface area contributed by atoms with Gasteiger partial charge in [-0.15, -0.1) is 11.3 Å². The van der Waals surface area contributed by atoms with Gasteiger partial charge in [0.05, 0.1) is 0 Å². The van der Waals surface area contributed by atoms with Crippen LogP contribution in [0.5, 0.6) is 0 Å². The second-order valence-electron chi connectivity index (χ2n) is 6.70. The first-order valence-electron chi connectivity index (χ1n) is 8.52. The maximum Gasteiger partial charge on any atom is 0.325 e. The number of nitrogens with one attached hydrogen (secondary N) is 1. The van der Waals surface area contributed by atoms with Crippen molar-refractivity contribution in [2.45, 2.75) is 38.6 Å². The van der Waals surface area contributed by atoms with Gasteiger partial charge < -0.3 is 10.2 Å². The molecule has 4 amide bonds. The lowest BCUT2D eigenvalue weighted by molar-refractivity contribution is -0.139. The molecule has 2 heterocycles. The number of amides is 4. The van der Waals surface area contributed by atoms with Gasteiger partial charge in [0.2, 0.25) is 5.91 Å². The quantitative estimate of drug-likeness (QED) is 0.646. The number of carbonyl (C=O) groups excluding carboxylic acids is 3. The zero-order valence-corrected chi connectivity index (χ0v) is 15.4. The second kappa shape index (κ2) is 6.63. The van der Waals surface area contributed by atoms with E-state index in [1.165, 1.54) is 0 Å². The Kier molecular flexibility index (Phi) is 4.69. The molecule has 1 aromatic heterocycles. The molecule has 0 aromatic carbocycles. The number of hydrogen-bond acceptors (Lipinski definition) is 4. The smallest absolute Gasteiger partial charge is 0.325 e. The Bertz CT molecular complexity index is 742. The maximum atomic E-state index is 13.1. The highest BCUT2D eigenvalue weighted by atomic mass is 32.1. The summed E-state index contributed by atoms with van der Waals surface area (Å²) >= 11 is 1.61. The number of hydrogen-bond donors (Lipinski definition) is 1. The van der Waals surface area contributed by atoms with Crippen LogP contribution in [0.15, 0.2) is 23.6 Å². The summed E-state index contributed by atoms with van der Waals surface area (Å²) in [6.07, 6.45) is 2.35. The number of likely N-dealkylation sites (N-methyl/N-ethyl adjacent to an activating group) is 1. The van der Waals surface area contributed by atoms with Crippen LogP contribution >= 0.6 is 11.3 Å². The number of imide groups is 1. The van der Waals surface area contributed by atoms with Crippen molar-refractivity contribution < 1.29 is 14.4 Å². The van der Waals surface area contributed by atoms with Gasteiger partial charge in [-0.25, -0.2) is 4.79 Å². The summed E-state index contributed by atoms with van der Waals surface area (Å²) < 4.78 is 0. The highest BCUT2D eigenvalue weighted by Gasteiger charge is 2.54. The fourth-order valence-electron chi connectivity index (χ4n) is 3.62. The summed E-state index contributed by atoms with van der Waals surface area (Å²) in [7, 11) is 0. The molecule has 134 valence electrons. The second-order valence-corrected chi connectivity index (χ2v) is 7.70. The standard InChI is InChI=1S/C18H23N3O3S/c1-4-20(10-12(2)3)15(22)11-21-16(23)18(19-17(21)24)8-5-6-14-13(18)7-9-25-14/h7,9H,2,4-6,8,10-11H2,1,3H3,(H,19,24)/t18-/m0/s1. The molecule has 3 rings (SSSR count). The van der Waals surface area contributed by atoms with E-state index in [1.807, 2.05) is 25.3 Å². The molecule has 7 heteroatoms. The van der Waals surface area contributed by atoms with Gasteiger partial charge in [0.15, 0.2) is 0 Å². The largest absolute Gasteiger partial charge is 0.337 e. The van der Waals surface area contributed by atoms with Crippen molar-refractivity contribution in [3.63, 3.8) is 0 Å². The Morgan fingerprint density at radius 2 is 2.24 bits per heavy atom. The summed E-state index contributed by atoms with van der Waals surface area (Å²) in [4.78, 5) is 41.9. The fourth-order valence-corrected chi connectivity index (χ4v) is 4.62. The molecule has 1 atom stereocenters. The first-order valence-corrected chi connectivity index (χ1v) is 9.40. The Morgan fingerprint density at radius 3 is 2.92 bits per heavy atom. The summed E-state index contributed by atoms with van der Waals surface area (Å²) in [5.74, 6) is -0.552. The average molecular weight is 361 g/mol. The number of aryl methyl sites for hydroxylation is 1. The molecule has 1 spiro atoms. The van der Waals surface area contributed by atoms with E-state index in [2.05, 4.69) is 11.9 Å². The van der Waals surface area contributed by atoms with Crippen molar-refractivity contribution in [2.24, 2.45) is 0 Å². The van der Waals surface area contributed by atoms with Gasteiger partial charge in [0.1, 0.15) is 12.1 Å². The van der Waals surface area contributed by atoms with Gasteiger partial charge in [-0.1, -0.05) is 12.2 Å². The van der Waals surface area contributed by atoms with E-state index in [9.17, 15) is 14.4 Å². The normalized spacial score (nSPS) is 22.1. The molecule has 1 saturated heterocycles. The zero-order chi connectivity index (χ0) is 18.2. The summed E-state index contributed by atoms with van der Waals surface area (Å²) in [5, 5.41) is 4.83. The zero-order valence-electron chi connectivity index (χ0n) is 14.6. The van der Waals surface area contributed by atoms with Crippen LogP contribution in [0.1, 0.15) is 37.1 Å². The first kappa shape index (κ1) is 17.7. The molecule has 1 fully saturated rings. The van der Waals surface area contributed by atoms with Gasteiger partial charge in [-0.05, 0) is 44.6 Å². The monoisotopic (exact) mass is 361 g/mol. The van der Waals surface area contributed by atoms with E-state index in [1.54, 1.807) is 16.2 Å². The van der Waals surface area contributed by atoms with E-state index < -0.39 is 11.6 Å². The molecule has 6 nitrogen and oxygen atoms in total. The number of carbonyl (C=O) groups is 3. The van der Waals surface area contributed by atoms with Crippen LogP contribution in [0, 0.1) is 0 Å². The molecule has 0 radical (unpaired) electrons. The number of rotatable bonds is 5. The lowest BCUT2D eigenvalue weighted by atomic mass is 9.80.